The maximum atomic E-state index is 12.6. The lowest BCUT2D eigenvalue weighted by atomic mass is 10.0. The van der Waals surface area contributed by atoms with Gasteiger partial charge in [-0.3, -0.25) is 0 Å². The van der Waals surface area contributed by atoms with Gasteiger partial charge < -0.3 is 4.79 Å². The molecule has 4 nitrogen and oxygen atoms in total. The number of carbonyl (C=O) groups excluding carboxylic acids is 1. The summed E-state index contributed by atoms with van der Waals surface area (Å²) in [5, 5.41) is 0.134. The van der Waals surface area contributed by atoms with Gasteiger partial charge in [0, 0.05) is 23.5 Å². The minimum atomic E-state index is -3.79. The zero-order valence-corrected chi connectivity index (χ0v) is 14.3. The number of nitrogens with zero attached hydrogens (tertiary/aromatic N) is 1. The zero-order valence-electron chi connectivity index (χ0n) is 10.4. The molecule has 0 radical (unpaired) electrons. The van der Waals surface area contributed by atoms with Crippen LogP contribution in [0.3, 0.4) is 0 Å². The van der Waals surface area contributed by atoms with Crippen molar-refractivity contribution in [3.05, 3.63) is 26.7 Å². The number of hydrogen-bond donors (Lipinski definition) is 0. The van der Waals surface area contributed by atoms with Crippen LogP contribution in [0.4, 0.5) is 0 Å². The molecule has 0 N–H and O–H groups in total. The predicted octanol–water partition coefficient (Wildman–Crippen LogP) is 3.36. The fourth-order valence-electron chi connectivity index (χ4n) is 2.21. The van der Waals surface area contributed by atoms with Gasteiger partial charge in [0.25, 0.3) is 0 Å². The maximum Gasteiger partial charge on any atom is 0.246 e. The zero-order chi connectivity index (χ0) is 14.9. The van der Waals surface area contributed by atoms with Gasteiger partial charge in [-0.1, -0.05) is 39.1 Å². The van der Waals surface area contributed by atoms with Gasteiger partial charge in [0.2, 0.25) is 10.0 Å². The first-order valence-corrected chi connectivity index (χ1v) is 8.95. The molecule has 0 saturated carbocycles. The Hall–Kier alpha value is -0.140. The van der Waals surface area contributed by atoms with E-state index < -0.39 is 10.0 Å². The topological polar surface area (TPSA) is 54.5 Å². The minimum absolute atomic E-state index is 0.0672. The number of carbonyl (C=O) groups is 1. The highest BCUT2D eigenvalue weighted by Crippen LogP contribution is 2.35. The van der Waals surface area contributed by atoms with Crippen molar-refractivity contribution in [2.45, 2.75) is 17.7 Å². The van der Waals surface area contributed by atoms with E-state index in [1.807, 2.05) is 0 Å². The molecule has 1 fully saturated rings. The van der Waals surface area contributed by atoms with E-state index in [1.54, 1.807) is 0 Å². The van der Waals surface area contributed by atoms with Crippen molar-refractivity contribution in [1.82, 2.24) is 4.31 Å². The molecule has 0 bridgehead atoms. The van der Waals surface area contributed by atoms with E-state index in [9.17, 15) is 13.2 Å². The Morgan fingerprint density at radius 1 is 1.30 bits per heavy atom. The van der Waals surface area contributed by atoms with Gasteiger partial charge in [-0.25, -0.2) is 8.42 Å². The van der Waals surface area contributed by atoms with Gasteiger partial charge in [0.1, 0.15) is 11.2 Å². The van der Waals surface area contributed by atoms with Gasteiger partial charge in [-0.15, -0.1) is 0 Å². The number of sulfonamides is 1. The first kappa shape index (κ1) is 16.2. The Morgan fingerprint density at radius 3 is 2.45 bits per heavy atom. The molecule has 20 heavy (non-hydrogen) atoms. The highest BCUT2D eigenvalue weighted by Gasteiger charge is 2.33. The molecule has 0 aliphatic carbocycles. The smallest absolute Gasteiger partial charge is 0.246 e. The van der Waals surface area contributed by atoms with Crippen LogP contribution in [0.25, 0.3) is 0 Å². The van der Waals surface area contributed by atoms with Crippen LogP contribution in [0.15, 0.2) is 21.5 Å². The molecule has 1 aliphatic rings. The molecule has 0 amide bonds. The summed E-state index contributed by atoms with van der Waals surface area (Å²) < 4.78 is 27.1. The van der Waals surface area contributed by atoms with E-state index in [2.05, 4.69) is 15.9 Å². The van der Waals surface area contributed by atoms with Crippen molar-refractivity contribution in [1.29, 1.82) is 0 Å². The van der Waals surface area contributed by atoms with Crippen LogP contribution in [0.2, 0.25) is 10.0 Å². The van der Waals surface area contributed by atoms with Crippen LogP contribution in [0.1, 0.15) is 12.8 Å². The van der Waals surface area contributed by atoms with Crippen molar-refractivity contribution in [2.24, 2.45) is 5.92 Å². The second kappa shape index (κ2) is 6.32. The number of hydrogen-bond acceptors (Lipinski definition) is 3. The number of rotatable bonds is 3. The molecule has 1 heterocycles. The van der Waals surface area contributed by atoms with Gasteiger partial charge in [-0.2, -0.15) is 4.31 Å². The highest BCUT2D eigenvalue weighted by atomic mass is 79.9. The lowest BCUT2D eigenvalue weighted by Gasteiger charge is -2.29. The van der Waals surface area contributed by atoms with Crippen LogP contribution in [0, 0.1) is 5.92 Å². The Kier molecular flexibility index (Phi) is 5.13. The van der Waals surface area contributed by atoms with E-state index in [0.29, 0.717) is 23.9 Å². The van der Waals surface area contributed by atoms with Crippen LogP contribution in [0.5, 0.6) is 0 Å². The summed E-state index contributed by atoms with van der Waals surface area (Å²) in [4.78, 5) is 10.8. The largest absolute Gasteiger partial charge is 0.303 e. The summed E-state index contributed by atoms with van der Waals surface area (Å²) in [5.41, 5.74) is 0. The van der Waals surface area contributed by atoms with Crippen LogP contribution in [-0.2, 0) is 14.8 Å². The van der Waals surface area contributed by atoms with Crippen molar-refractivity contribution in [2.75, 3.05) is 13.1 Å². The molecule has 8 heteroatoms. The Balaban J connectivity index is 2.43. The van der Waals surface area contributed by atoms with E-state index in [1.165, 1.54) is 16.4 Å². The monoisotopic (exact) mass is 399 g/mol. The van der Waals surface area contributed by atoms with Crippen LogP contribution >= 0.6 is 39.1 Å². The number of aldehydes is 1. The van der Waals surface area contributed by atoms with Crippen LogP contribution < -0.4 is 0 Å². The molecular weight excluding hydrogens is 389 g/mol. The maximum absolute atomic E-state index is 12.6. The van der Waals surface area contributed by atoms with Crippen molar-refractivity contribution in [3.63, 3.8) is 0 Å². The third kappa shape index (κ3) is 3.20. The van der Waals surface area contributed by atoms with Crippen molar-refractivity contribution in [3.8, 4) is 0 Å². The molecule has 0 spiro atoms. The average molecular weight is 401 g/mol. The molecule has 0 aromatic heterocycles. The van der Waals surface area contributed by atoms with Crippen molar-refractivity contribution >= 4 is 55.4 Å². The fourth-order valence-corrected chi connectivity index (χ4v) is 5.63. The number of halogens is 3. The third-order valence-corrected chi connectivity index (χ3v) is 6.42. The standard InChI is InChI=1S/C12H12BrCl2NO3S/c13-9-4-10(14)12(11(15)5-9)20(18,19)16-3-1-2-8(6-16)7-17/h4-5,7-8H,1-3,6H2. The molecular formula is C12H12BrCl2NO3S. The molecule has 1 aliphatic heterocycles. The molecule has 2 rings (SSSR count). The summed E-state index contributed by atoms with van der Waals surface area (Å²) in [6.45, 7) is 0.546. The summed E-state index contributed by atoms with van der Waals surface area (Å²) >= 11 is 15.2. The molecule has 1 unspecified atom stereocenters. The van der Waals surface area contributed by atoms with Gasteiger partial charge in [0.05, 0.1) is 10.0 Å². The van der Waals surface area contributed by atoms with E-state index in [4.69, 9.17) is 23.2 Å². The Labute approximate surface area is 136 Å². The lowest BCUT2D eigenvalue weighted by Crippen LogP contribution is -2.40. The van der Waals surface area contributed by atoms with E-state index >= 15 is 0 Å². The predicted molar refractivity (Wildman–Crippen MR) is 81.7 cm³/mol. The van der Waals surface area contributed by atoms with E-state index in [0.717, 1.165) is 6.29 Å². The molecule has 1 aromatic carbocycles. The lowest BCUT2D eigenvalue weighted by molar-refractivity contribution is -0.112. The first-order chi connectivity index (χ1) is 9.36. The summed E-state index contributed by atoms with van der Waals surface area (Å²) in [5.74, 6) is -0.272. The van der Waals surface area contributed by atoms with Gasteiger partial charge >= 0.3 is 0 Å². The van der Waals surface area contributed by atoms with Gasteiger partial charge in [0.15, 0.2) is 0 Å². The van der Waals surface area contributed by atoms with Crippen LogP contribution in [-0.4, -0.2) is 32.1 Å². The van der Waals surface area contributed by atoms with Gasteiger partial charge in [-0.05, 0) is 25.0 Å². The third-order valence-electron chi connectivity index (χ3n) is 3.17. The van der Waals surface area contributed by atoms with E-state index in [-0.39, 0.29) is 27.4 Å². The fraction of sp³-hybridized carbons (Fsp3) is 0.417. The molecule has 1 saturated heterocycles. The first-order valence-electron chi connectivity index (χ1n) is 5.96. The SMILES string of the molecule is O=CC1CCCN(S(=O)(=O)c2c(Cl)cc(Br)cc2Cl)C1. The second-order valence-electron chi connectivity index (χ2n) is 4.60. The Morgan fingerprint density at radius 2 is 1.90 bits per heavy atom. The molecule has 1 aromatic rings. The number of benzene rings is 1. The molecule has 110 valence electrons. The van der Waals surface area contributed by atoms with Crippen molar-refractivity contribution < 1.29 is 13.2 Å². The highest BCUT2D eigenvalue weighted by molar-refractivity contribution is 9.10. The summed E-state index contributed by atoms with van der Waals surface area (Å²) in [6, 6.07) is 2.98. The average Bonchev–Trinajstić information content (AvgIpc) is 2.37. The second-order valence-corrected chi connectivity index (χ2v) is 8.20. The Bertz CT molecular complexity index is 613. The quantitative estimate of drug-likeness (QED) is 0.731. The normalized spacial score (nSPS) is 20.9. The number of piperidine rings is 1. The summed E-state index contributed by atoms with van der Waals surface area (Å²) in [6.07, 6.45) is 2.15. The minimum Gasteiger partial charge on any atom is -0.303 e. The molecule has 1 atom stereocenters. The summed E-state index contributed by atoms with van der Waals surface area (Å²) in [7, 11) is -3.79.